The Labute approximate surface area is 134 Å². The van der Waals surface area contributed by atoms with Crippen LogP contribution in [-0.2, 0) is 0 Å². The Hall–Kier alpha value is -1.53. The Morgan fingerprint density at radius 3 is 2.05 bits per heavy atom. The largest absolute Gasteiger partial charge is 0.489 e. The molecule has 22 heavy (non-hydrogen) atoms. The fourth-order valence-corrected chi connectivity index (χ4v) is 4.46. The van der Waals surface area contributed by atoms with Gasteiger partial charge in [-0.3, -0.25) is 0 Å². The lowest BCUT2D eigenvalue weighted by Gasteiger charge is -2.63. The highest BCUT2D eigenvalue weighted by Gasteiger charge is 2.63. The molecule has 0 unspecified atom stereocenters. The average Bonchev–Trinajstić information content (AvgIpc) is 2.41. The summed E-state index contributed by atoms with van der Waals surface area (Å²) in [5.41, 5.74) is 2.88. The van der Waals surface area contributed by atoms with Crippen molar-refractivity contribution in [1.29, 1.82) is 5.26 Å². The molecule has 0 bridgehead atoms. The van der Waals surface area contributed by atoms with E-state index in [4.69, 9.17) is 4.74 Å². The first kappa shape index (κ1) is 16.8. The van der Waals surface area contributed by atoms with E-state index in [0.717, 1.165) is 29.0 Å². The van der Waals surface area contributed by atoms with Crippen LogP contribution in [0.25, 0.3) is 0 Å². The summed E-state index contributed by atoms with van der Waals surface area (Å²) in [5, 5.41) is 12.8. The van der Waals surface area contributed by atoms with Crippen molar-refractivity contribution in [3.8, 4) is 11.8 Å². The topological polar surface area (TPSA) is 45.0 Å². The van der Waals surface area contributed by atoms with E-state index in [9.17, 15) is 5.26 Å². The number of aryl methyl sites for hydroxylation is 2. The second-order valence-corrected chi connectivity index (χ2v) is 7.68. The van der Waals surface area contributed by atoms with Gasteiger partial charge in [0.15, 0.2) is 0 Å². The zero-order chi connectivity index (χ0) is 16.7. The molecule has 1 fully saturated rings. The second-order valence-electron chi connectivity index (χ2n) is 7.68. The minimum Gasteiger partial charge on any atom is -0.489 e. The van der Waals surface area contributed by atoms with Crippen LogP contribution in [0, 0.1) is 36.0 Å². The van der Waals surface area contributed by atoms with Gasteiger partial charge in [0.05, 0.1) is 11.6 Å². The van der Waals surface area contributed by atoms with Crippen molar-refractivity contribution in [3.05, 3.63) is 28.8 Å². The Bertz CT molecular complexity index is 571. The summed E-state index contributed by atoms with van der Waals surface area (Å²) in [6.07, 6.45) is 0.149. The smallest absolute Gasteiger partial charge is 0.120 e. The summed E-state index contributed by atoms with van der Waals surface area (Å²) < 4.78 is 6.37. The molecule has 1 saturated carbocycles. The molecule has 2 rings (SSSR count). The lowest BCUT2D eigenvalue weighted by molar-refractivity contribution is -0.167. The number of benzene rings is 1. The van der Waals surface area contributed by atoms with Crippen LogP contribution in [0.2, 0.25) is 0 Å². The van der Waals surface area contributed by atoms with Crippen LogP contribution in [-0.4, -0.2) is 18.7 Å². The summed E-state index contributed by atoms with van der Waals surface area (Å²) in [6.45, 7) is 16.1. The predicted octanol–water partition coefficient (Wildman–Crippen LogP) is 3.97. The van der Waals surface area contributed by atoms with Crippen molar-refractivity contribution in [1.82, 2.24) is 5.32 Å². The number of nitrogens with zero attached hydrogens (tertiary/aromatic N) is 1. The van der Waals surface area contributed by atoms with Crippen LogP contribution in [0.15, 0.2) is 12.1 Å². The van der Waals surface area contributed by atoms with Gasteiger partial charge in [0.2, 0.25) is 0 Å². The van der Waals surface area contributed by atoms with Gasteiger partial charge in [-0.25, -0.2) is 0 Å². The van der Waals surface area contributed by atoms with E-state index in [1.807, 2.05) is 26.0 Å². The van der Waals surface area contributed by atoms with E-state index in [-0.39, 0.29) is 16.9 Å². The van der Waals surface area contributed by atoms with Gasteiger partial charge in [0, 0.05) is 16.9 Å². The number of ether oxygens (including phenoxy) is 1. The molecule has 1 N–H and O–H groups in total. The van der Waals surface area contributed by atoms with Gasteiger partial charge in [-0.1, -0.05) is 34.6 Å². The minimum absolute atomic E-state index is 0.0786. The maximum Gasteiger partial charge on any atom is 0.120 e. The first-order valence-corrected chi connectivity index (χ1v) is 8.07. The Kier molecular flexibility index (Phi) is 4.28. The molecular weight excluding hydrogens is 272 g/mol. The lowest BCUT2D eigenvalue weighted by atomic mass is 9.49. The van der Waals surface area contributed by atoms with Crippen LogP contribution in [0.3, 0.4) is 0 Å². The zero-order valence-electron chi connectivity index (χ0n) is 14.9. The van der Waals surface area contributed by atoms with Crippen molar-refractivity contribution >= 4 is 0 Å². The molecule has 0 atom stereocenters. The Morgan fingerprint density at radius 1 is 1.14 bits per heavy atom. The normalized spacial score (nSPS) is 25.2. The highest BCUT2D eigenvalue weighted by atomic mass is 16.5. The molecule has 1 aromatic carbocycles. The Morgan fingerprint density at radius 2 is 1.64 bits per heavy atom. The number of hydrogen-bond donors (Lipinski definition) is 1. The van der Waals surface area contributed by atoms with Gasteiger partial charge >= 0.3 is 0 Å². The van der Waals surface area contributed by atoms with Gasteiger partial charge in [0.25, 0.3) is 0 Å². The van der Waals surface area contributed by atoms with E-state index >= 15 is 0 Å². The molecule has 0 aromatic heterocycles. The second kappa shape index (κ2) is 5.59. The highest BCUT2D eigenvalue weighted by molar-refractivity contribution is 5.48. The van der Waals surface area contributed by atoms with E-state index in [1.165, 1.54) is 0 Å². The van der Waals surface area contributed by atoms with Crippen LogP contribution in [0.5, 0.6) is 5.75 Å². The van der Waals surface area contributed by atoms with Crippen molar-refractivity contribution in [2.75, 3.05) is 6.54 Å². The van der Waals surface area contributed by atoms with Crippen LogP contribution in [0.4, 0.5) is 0 Å². The number of nitrogens with one attached hydrogen (secondary N) is 1. The molecule has 3 heteroatoms. The lowest BCUT2D eigenvalue weighted by Crippen LogP contribution is -2.74. The van der Waals surface area contributed by atoms with Crippen molar-refractivity contribution < 1.29 is 4.74 Å². The summed E-state index contributed by atoms with van der Waals surface area (Å²) >= 11 is 0. The third-order valence-corrected chi connectivity index (χ3v) is 5.12. The summed E-state index contributed by atoms with van der Waals surface area (Å²) in [5.74, 6) is 0.870. The standard InChI is InChI=1S/C19H28N2O/c1-8-21-16-18(4,5)17(19(16,6)7)22-14-9-12(2)15(11-20)13(3)10-14/h9-10,16-17,21H,8H2,1-7H3. The molecule has 1 aliphatic rings. The maximum absolute atomic E-state index is 9.19. The third-order valence-electron chi connectivity index (χ3n) is 5.12. The fraction of sp³-hybridized carbons (Fsp3) is 0.632. The number of hydrogen-bond acceptors (Lipinski definition) is 3. The van der Waals surface area contributed by atoms with Gasteiger partial charge in [0.1, 0.15) is 11.9 Å². The highest BCUT2D eigenvalue weighted by Crippen LogP contribution is 2.55. The van der Waals surface area contributed by atoms with Gasteiger partial charge in [-0.15, -0.1) is 0 Å². The predicted molar refractivity (Wildman–Crippen MR) is 90.1 cm³/mol. The van der Waals surface area contributed by atoms with Crippen LogP contribution in [0.1, 0.15) is 51.3 Å². The molecule has 0 radical (unpaired) electrons. The molecular formula is C19H28N2O. The van der Waals surface area contributed by atoms with E-state index in [2.05, 4.69) is 46.0 Å². The minimum atomic E-state index is 0.0786. The van der Waals surface area contributed by atoms with Crippen LogP contribution >= 0.6 is 0 Å². The van der Waals surface area contributed by atoms with E-state index in [0.29, 0.717) is 6.04 Å². The summed E-state index contributed by atoms with van der Waals surface area (Å²) in [7, 11) is 0. The number of nitriles is 1. The first-order chi connectivity index (χ1) is 10.2. The Balaban J connectivity index is 2.27. The summed E-state index contributed by atoms with van der Waals surface area (Å²) in [6, 6.07) is 6.67. The zero-order valence-corrected chi connectivity index (χ0v) is 14.9. The molecule has 0 saturated heterocycles. The van der Waals surface area contributed by atoms with Gasteiger partial charge < -0.3 is 10.1 Å². The molecule has 0 spiro atoms. The maximum atomic E-state index is 9.19. The van der Waals surface area contributed by atoms with E-state index in [1.54, 1.807) is 0 Å². The van der Waals surface area contributed by atoms with Crippen molar-refractivity contribution in [3.63, 3.8) is 0 Å². The average molecular weight is 300 g/mol. The molecule has 0 heterocycles. The molecule has 0 amide bonds. The van der Waals surface area contributed by atoms with E-state index < -0.39 is 0 Å². The first-order valence-electron chi connectivity index (χ1n) is 8.07. The van der Waals surface area contributed by atoms with Crippen LogP contribution < -0.4 is 10.1 Å². The fourth-order valence-electron chi connectivity index (χ4n) is 4.46. The molecule has 3 nitrogen and oxygen atoms in total. The SMILES string of the molecule is CCNC1C(C)(C)C(Oc2cc(C)c(C#N)c(C)c2)C1(C)C. The molecule has 1 aliphatic carbocycles. The number of rotatable bonds is 4. The third kappa shape index (κ3) is 2.50. The quantitative estimate of drug-likeness (QED) is 0.915. The molecule has 1 aromatic rings. The van der Waals surface area contributed by atoms with Crippen molar-refractivity contribution in [2.24, 2.45) is 10.8 Å². The van der Waals surface area contributed by atoms with Crippen molar-refractivity contribution in [2.45, 2.75) is 60.6 Å². The van der Waals surface area contributed by atoms with Gasteiger partial charge in [-0.2, -0.15) is 5.26 Å². The van der Waals surface area contributed by atoms with Gasteiger partial charge in [-0.05, 0) is 43.7 Å². The monoisotopic (exact) mass is 300 g/mol. The summed E-state index contributed by atoms with van der Waals surface area (Å²) in [4.78, 5) is 0. The molecule has 0 aliphatic heterocycles. The molecule has 120 valence electrons.